The predicted octanol–water partition coefficient (Wildman–Crippen LogP) is 8.10. The molecule has 0 bridgehead atoms. The SMILES string of the molecule is CCOP(=O)(C=Cc1cnc(-c2ccccc2)nc1OCc1ccc(OCc2nc(-c3ccco3)oc2C)c(OC)c1)OCC. The van der Waals surface area contributed by atoms with Crippen LogP contribution in [0, 0.1) is 6.92 Å². The fraction of sp³-hybridized carbons (Fsp3) is 0.242. The summed E-state index contributed by atoms with van der Waals surface area (Å²) in [5, 5.41) is 0. The minimum absolute atomic E-state index is 0.159. The molecular formula is C33H34N3O8P. The Morgan fingerprint density at radius 3 is 2.42 bits per heavy atom. The van der Waals surface area contributed by atoms with Crippen LogP contribution < -0.4 is 14.2 Å². The van der Waals surface area contributed by atoms with Crippen molar-refractivity contribution in [2.45, 2.75) is 34.0 Å². The van der Waals surface area contributed by atoms with Gasteiger partial charge in [0.1, 0.15) is 24.7 Å². The third-order valence-corrected chi connectivity index (χ3v) is 8.21. The largest absolute Gasteiger partial charge is 0.493 e. The van der Waals surface area contributed by atoms with Gasteiger partial charge < -0.3 is 32.1 Å². The molecule has 5 aromatic rings. The lowest BCUT2D eigenvalue weighted by molar-refractivity contribution is 0.229. The first kappa shape index (κ1) is 31.7. The molecule has 0 aliphatic rings. The maximum atomic E-state index is 13.0. The molecule has 45 heavy (non-hydrogen) atoms. The lowest BCUT2D eigenvalue weighted by Gasteiger charge is -2.14. The molecule has 0 N–H and O–H groups in total. The van der Waals surface area contributed by atoms with Crippen LogP contribution in [0.5, 0.6) is 17.4 Å². The molecule has 0 unspecified atom stereocenters. The standard InChI is InChI=1S/C33H34N3O8P/c1-5-42-45(37,43-6-2)18-16-26-20-34-31(25-11-8-7-9-12-25)36-32(26)41-21-24-14-15-28(30(19-24)38-4)40-22-27-23(3)44-33(35-27)29-13-10-17-39-29/h7-20H,5-6,21-22H2,1-4H3. The molecule has 5 rings (SSSR count). The Labute approximate surface area is 261 Å². The van der Waals surface area contributed by atoms with Crippen molar-refractivity contribution in [1.82, 2.24) is 15.0 Å². The second kappa shape index (κ2) is 14.9. The number of benzene rings is 2. The molecule has 0 radical (unpaired) electrons. The highest BCUT2D eigenvalue weighted by Crippen LogP contribution is 2.50. The Bertz CT molecular complexity index is 1760. The number of hydrogen-bond acceptors (Lipinski definition) is 11. The van der Waals surface area contributed by atoms with Crippen LogP contribution in [0.15, 0.2) is 87.8 Å². The highest BCUT2D eigenvalue weighted by atomic mass is 31.2. The Morgan fingerprint density at radius 1 is 0.911 bits per heavy atom. The van der Waals surface area contributed by atoms with Gasteiger partial charge in [-0.05, 0) is 56.7 Å². The van der Waals surface area contributed by atoms with Crippen LogP contribution in [0.3, 0.4) is 0 Å². The monoisotopic (exact) mass is 631 g/mol. The van der Waals surface area contributed by atoms with Crippen molar-refractivity contribution in [2.75, 3.05) is 20.3 Å². The van der Waals surface area contributed by atoms with Crippen LogP contribution in [0.25, 0.3) is 29.1 Å². The van der Waals surface area contributed by atoms with E-state index in [2.05, 4.69) is 15.0 Å². The van der Waals surface area contributed by atoms with E-state index in [-0.39, 0.29) is 26.4 Å². The lowest BCUT2D eigenvalue weighted by Crippen LogP contribution is -2.03. The van der Waals surface area contributed by atoms with Gasteiger partial charge in [-0.25, -0.2) is 9.97 Å². The summed E-state index contributed by atoms with van der Waals surface area (Å²) >= 11 is 0. The zero-order chi connectivity index (χ0) is 31.6. The van der Waals surface area contributed by atoms with Gasteiger partial charge in [-0.15, -0.1) is 0 Å². The van der Waals surface area contributed by atoms with Crippen LogP contribution in [0.4, 0.5) is 0 Å². The zero-order valence-corrected chi connectivity index (χ0v) is 26.4. The number of hydrogen-bond donors (Lipinski definition) is 0. The third-order valence-electron chi connectivity index (χ3n) is 6.46. The predicted molar refractivity (Wildman–Crippen MR) is 168 cm³/mol. The van der Waals surface area contributed by atoms with Crippen LogP contribution in [-0.4, -0.2) is 35.3 Å². The average Bonchev–Trinajstić information content (AvgIpc) is 3.73. The average molecular weight is 632 g/mol. The molecule has 0 saturated carbocycles. The molecule has 2 aromatic carbocycles. The number of nitrogens with zero attached hydrogens (tertiary/aromatic N) is 3. The molecule has 11 nitrogen and oxygen atoms in total. The molecule has 0 saturated heterocycles. The number of aromatic nitrogens is 3. The molecule has 234 valence electrons. The Hall–Kier alpha value is -4.70. The summed E-state index contributed by atoms with van der Waals surface area (Å²) in [5.41, 5.74) is 2.79. The van der Waals surface area contributed by atoms with Gasteiger partial charge in [-0.3, -0.25) is 4.57 Å². The van der Waals surface area contributed by atoms with E-state index in [9.17, 15) is 4.57 Å². The first-order valence-corrected chi connectivity index (χ1v) is 16.0. The molecular weight excluding hydrogens is 597 g/mol. The molecule has 3 heterocycles. The van der Waals surface area contributed by atoms with E-state index in [4.69, 9.17) is 32.1 Å². The fourth-order valence-corrected chi connectivity index (χ4v) is 5.58. The van der Waals surface area contributed by atoms with Gasteiger partial charge in [-0.1, -0.05) is 36.4 Å². The highest BCUT2D eigenvalue weighted by molar-refractivity contribution is 7.57. The Kier molecular flexibility index (Phi) is 10.5. The van der Waals surface area contributed by atoms with Gasteiger partial charge >= 0.3 is 7.60 Å². The molecule has 0 atom stereocenters. The number of rotatable bonds is 15. The molecule has 3 aromatic heterocycles. The van der Waals surface area contributed by atoms with Crippen molar-refractivity contribution >= 4 is 13.7 Å². The van der Waals surface area contributed by atoms with E-state index in [0.29, 0.717) is 51.9 Å². The quantitative estimate of drug-likeness (QED) is 0.104. The van der Waals surface area contributed by atoms with Crippen LogP contribution in [0.1, 0.15) is 36.4 Å². The number of oxazole rings is 1. The second-order valence-corrected chi connectivity index (χ2v) is 11.5. The van der Waals surface area contributed by atoms with E-state index < -0.39 is 7.60 Å². The van der Waals surface area contributed by atoms with E-state index in [1.54, 1.807) is 57.7 Å². The minimum Gasteiger partial charge on any atom is -0.493 e. The van der Waals surface area contributed by atoms with Crippen LogP contribution >= 0.6 is 7.60 Å². The Balaban J connectivity index is 1.34. The molecule has 0 spiro atoms. The summed E-state index contributed by atoms with van der Waals surface area (Å²) in [5.74, 6) is 4.80. The van der Waals surface area contributed by atoms with Crippen molar-refractivity contribution in [3.63, 3.8) is 0 Å². The molecule has 0 fully saturated rings. The van der Waals surface area contributed by atoms with Crippen molar-refractivity contribution < 1.29 is 36.7 Å². The zero-order valence-electron chi connectivity index (χ0n) is 25.5. The van der Waals surface area contributed by atoms with Gasteiger partial charge in [0.2, 0.25) is 5.88 Å². The van der Waals surface area contributed by atoms with Crippen molar-refractivity contribution in [1.29, 1.82) is 0 Å². The normalized spacial score (nSPS) is 11.6. The van der Waals surface area contributed by atoms with Crippen molar-refractivity contribution in [3.8, 4) is 40.4 Å². The summed E-state index contributed by atoms with van der Waals surface area (Å²) < 4.78 is 52.7. The second-order valence-electron chi connectivity index (χ2n) is 9.57. The molecule has 0 amide bonds. The first-order valence-electron chi connectivity index (χ1n) is 14.3. The third kappa shape index (κ3) is 8.07. The summed E-state index contributed by atoms with van der Waals surface area (Å²) in [6.45, 7) is 6.14. The molecule has 0 aliphatic carbocycles. The summed E-state index contributed by atoms with van der Waals surface area (Å²) in [6, 6.07) is 18.6. The Morgan fingerprint density at radius 2 is 1.71 bits per heavy atom. The maximum Gasteiger partial charge on any atom is 0.354 e. The van der Waals surface area contributed by atoms with Gasteiger partial charge in [0.15, 0.2) is 23.1 Å². The smallest absolute Gasteiger partial charge is 0.354 e. The van der Waals surface area contributed by atoms with E-state index >= 15 is 0 Å². The number of furan rings is 1. The summed E-state index contributed by atoms with van der Waals surface area (Å²) in [4.78, 5) is 13.7. The topological polar surface area (TPSA) is 128 Å². The summed E-state index contributed by atoms with van der Waals surface area (Å²) in [6.07, 6.45) is 4.77. The summed E-state index contributed by atoms with van der Waals surface area (Å²) in [7, 11) is -1.88. The molecule has 0 aliphatic heterocycles. The lowest BCUT2D eigenvalue weighted by atomic mass is 10.2. The van der Waals surface area contributed by atoms with Crippen molar-refractivity contribution in [3.05, 3.63) is 102 Å². The number of methoxy groups -OCH3 is 1. The first-order chi connectivity index (χ1) is 21.9. The van der Waals surface area contributed by atoms with Crippen molar-refractivity contribution in [2.24, 2.45) is 0 Å². The minimum atomic E-state index is -3.45. The van der Waals surface area contributed by atoms with Gasteiger partial charge in [0.05, 0.1) is 32.2 Å². The fourth-order valence-electron chi connectivity index (χ4n) is 4.27. The molecule has 12 heteroatoms. The number of aryl methyl sites for hydroxylation is 1. The van der Waals surface area contributed by atoms with Gasteiger partial charge in [-0.2, -0.15) is 4.98 Å². The van der Waals surface area contributed by atoms with Crippen LogP contribution in [-0.2, 0) is 26.8 Å². The van der Waals surface area contributed by atoms with Gasteiger partial charge in [0, 0.05) is 17.6 Å². The van der Waals surface area contributed by atoms with Crippen LogP contribution in [0.2, 0.25) is 0 Å². The van der Waals surface area contributed by atoms with E-state index in [0.717, 1.165) is 11.1 Å². The van der Waals surface area contributed by atoms with E-state index in [1.807, 2.05) is 49.4 Å². The maximum absolute atomic E-state index is 13.0. The van der Waals surface area contributed by atoms with E-state index in [1.165, 1.54) is 5.82 Å². The number of ether oxygens (including phenoxy) is 3. The highest BCUT2D eigenvalue weighted by Gasteiger charge is 2.20. The van der Waals surface area contributed by atoms with Gasteiger partial charge in [0.25, 0.3) is 5.89 Å².